The van der Waals surface area contributed by atoms with Gasteiger partial charge in [-0.25, -0.2) is 0 Å². The summed E-state index contributed by atoms with van der Waals surface area (Å²) in [6, 6.07) is 0. The highest BCUT2D eigenvalue weighted by atomic mass is 16.6. The van der Waals surface area contributed by atoms with Crippen LogP contribution in [-0.2, 0) is 9.47 Å². The molecule has 2 heteroatoms. The SMILES string of the molecule is CCOC1CC2(CO2)C12CCCCC2. The van der Waals surface area contributed by atoms with Crippen LogP contribution in [-0.4, -0.2) is 24.9 Å². The number of rotatable bonds is 2. The average Bonchev–Trinajstić information content (AvgIpc) is 3.01. The fourth-order valence-electron chi connectivity index (χ4n) is 3.73. The molecule has 0 aromatic heterocycles. The van der Waals surface area contributed by atoms with Gasteiger partial charge in [0.25, 0.3) is 0 Å². The zero-order valence-electron chi connectivity index (χ0n) is 9.05. The molecule has 0 aromatic carbocycles. The molecular weight excluding hydrogens is 176 g/mol. The van der Waals surface area contributed by atoms with Gasteiger partial charge in [-0.1, -0.05) is 19.3 Å². The van der Waals surface area contributed by atoms with Gasteiger partial charge in [-0.05, 0) is 19.8 Å². The van der Waals surface area contributed by atoms with Crippen LogP contribution < -0.4 is 0 Å². The lowest BCUT2D eigenvalue weighted by molar-refractivity contribution is -0.181. The van der Waals surface area contributed by atoms with E-state index in [9.17, 15) is 0 Å². The van der Waals surface area contributed by atoms with E-state index in [4.69, 9.17) is 9.47 Å². The molecule has 1 aliphatic heterocycles. The Bertz CT molecular complexity index is 226. The lowest BCUT2D eigenvalue weighted by atomic mass is 9.51. The molecule has 14 heavy (non-hydrogen) atoms. The monoisotopic (exact) mass is 196 g/mol. The van der Waals surface area contributed by atoms with Crippen molar-refractivity contribution in [3.8, 4) is 0 Å². The molecule has 0 amide bonds. The number of hydrogen-bond acceptors (Lipinski definition) is 2. The molecule has 2 unspecified atom stereocenters. The molecule has 3 fully saturated rings. The lowest BCUT2D eigenvalue weighted by Crippen LogP contribution is -2.61. The number of hydrogen-bond donors (Lipinski definition) is 0. The van der Waals surface area contributed by atoms with E-state index in [1.807, 2.05) is 0 Å². The van der Waals surface area contributed by atoms with Crippen molar-refractivity contribution in [1.29, 1.82) is 0 Å². The molecule has 1 heterocycles. The Kier molecular flexibility index (Phi) is 1.94. The summed E-state index contributed by atoms with van der Waals surface area (Å²) < 4.78 is 11.6. The predicted octanol–water partition coefficient (Wildman–Crippen LogP) is 2.51. The maximum atomic E-state index is 5.87. The van der Waals surface area contributed by atoms with Crippen LogP contribution in [0.5, 0.6) is 0 Å². The van der Waals surface area contributed by atoms with E-state index >= 15 is 0 Å². The van der Waals surface area contributed by atoms with E-state index in [0.717, 1.165) is 13.2 Å². The van der Waals surface area contributed by atoms with Crippen molar-refractivity contribution in [2.45, 2.75) is 57.2 Å². The van der Waals surface area contributed by atoms with Crippen LogP contribution in [0.2, 0.25) is 0 Å². The number of epoxide rings is 1. The number of ether oxygens (including phenoxy) is 2. The minimum absolute atomic E-state index is 0.285. The molecule has 2 nitrogen and oxygen atoms in total. The van der Waals surface area contributed by atoms with Crippen molar-refractivity contribution in [3.05, 3.63) is 0 Å². The van der Waals surface area contributed by atoms with Crippen LogP contribution in [0.15, 0.2) is 0 Å². The molecule has 2 spiro atoms. The average molecular weight is 196 g/mol. The summed E-state index contributed by atoms with van der Waals surface area (Å²) in [5.41, 5.74) is 0.717. The van der Waals surface area contributed by atoms with E-state index in [2.05, 4.69) is 6.92 Å². The minimum Gasteiger partial charge on any atom is -0.378 e. The van der Waals surface area contributed by atoms with Gasteiger partial charge >= 0.3 is 0 Å². The van der Waals surface area contributed by atoms with Crippen molar-refractivity contribution in [1.82, 2.24) is 0 Å². The third-order valence-corrected chi connectivity index (χ3v) is 4.65. The third-order valence-electron chi connectivity index (χ3n) is 4.65. The fraction of sp³-hybridized carbons (Fsp3) is 1.00. The highest BCUT2D eigenvalue weighted by molar-refractivity contribution is 5.21. The van der Waals surface area contributed by atoms with Crippen LogP contribution in [0.25, 0.3) is 0 Å². The molecule has 2 atom stereocenters. The Morgan fingerprint density at radius 1 is 1.29 bits per heavy atom. The Hall–Kier alpha value is -0.0800. The summed E-state index contributed by atoms with van der Waals surface area (Å²) in [5, 5.41) is 0. The molecule has 1 saturated heterocycles. The molecule has 0 radical (unpaired) electrons. The molecule has 2 saturated carbocycles. The standard InChI is InChI=1S/C12H20O2/c1-2-13-10-8-12(9-14-12)11(10)6-4-3-5-7-11/h10H,2-9H2,1H3. The van der Waals surface area contributed by atoms with Gasteiger partial charge in [0, 0.05) is 18.4 Å². The van der Waals surface area contributed by atoms with Gasteiger partial charge in [0.05, 0.1) is 12.7 Å². The van der Waals surface area contributed by atoms with Gasteiger partial charge in [-0.2, -0.15) is 0 Å². The molecule has 3 rings (SSSR count). The molecule has 0 N–H and O–H groups in total. The van der Waals surface area contributed by atoms with Crippen molar-refractivity contribution in [3.63, 3.8) is 0 Å². The highest BCUT2D eigenvalue weighted by Crippen LogP contribution is 2.66. The van der Waals surface area contributed by atoms with E-state index in [1.54, 1.807) is 0 Å². The van der Waals surface area contributed by atoms with E-state index in [0.29, 0.717) is 11.5 Å². The molecule has 2 aliphatic carbocycles. The summed E-state index contributed by atoms with van der Waals surface area (Å²) >= 11 is 0. The summed E-state index contributed by atoms with van der Waals surface area (Å²) in [7, 11) is 0. The Morgan fingerprint density at radius 2 is 2.00 bits per heavy atom. The van der Waals surface area contributed by atoms with Crippen LogP contribution in [0.1, 0.15) is 45.4 Å². The maximum absolute atomic E-state index is 5.87. The first-order chi connectivity index (χ1) is 6.83. The first-order valence-electron chi connectivity index (χ1n) is 6.09. The van der Waals surface area contributed by atoms with Gasteiger partial charge in [0.1, 0.15) is 5.60 Å². The molecule has 0 aromatic rings. The first-order valence-corrected chi connectivity index (χ1v) is 6.09. The zero-order chi connectivity index (χ0) is 9.65. The minimum atomic E-state index is 0.285. The summed E-state index contributed by atoms with van der Waals surface area (Å²) in [5.74, 6) is 0. The topological polar surface area (TPSA) is 21.8 Å². The second kappa shape index (κ2) is 2.96. The van der Waals surface area contributed by atoms with E-state index < -0.39 is 0 Å². The second-order valence-electron chi connectivity index (χ2n) is 5.15. The largest absolute Gasteiger partial charge is 0.378 e. The van der Waals surface area contributed by atoms with Crippen molar-refractivity contribution in [2.24, 2.45) is 5.41 Å². The first kappa shape index (κ1) is 9.17. The van der Waals surface area contributed by atoms with Gasteiger partial charge in [0.15, 0.2) is 0 Å². The van der Waals surface area contributed by atoms with Gasteiger partial charge in [-0.15, -0.1) is 0 Å². The molecule has 3 aliphatic rings. The summed E-state index contributed by atoms with van der Waals surface area (Å²) in [4.78, 5) is 0. The Labute approximate surface area is 86.0 Å². The fourth-order valence-corrected chi connectivity index (χ4v) is 3.73. The summed E-state index contributed by atoms with van der Waals surface area (Å²) in [6.45, 7) is 3.98. The van der Waals surface area contributed by atoms with E-state index in [1.165, 1.54) is 38.5 Å². The van der Waals surface area contributed by atoms with Crippen molar-refractivity contribution < 1.29 is 9.47 Å². The van der Waals surface area contributed by atoms with Gasteiger partial charge in [-0.3, -0.25) is 0 Å². The smallest absolute Gasteiger partial charge is 0.102 e. The van der Waals surface area contributed by atoms with Crippen molar-refractivity contribution >= 4 is 0 Å². The lowest BCUT2D eigenvalue weighted by Gasteiger charge is -2.56. The second-order valence-corrected chi connectivity index (χ2v) is 5.15. The van der Waals surface area contributed by atoms with Gasteiger partial charge in [0.2, 0.25) is 0 Å². The Morgan fingerprint density at radius 3 is 2.57 bits per heavy atom. The quantitative estimate of drug-likeness (QED) is 0.633. The zero-order valence-corrected chi connectivity index (χ0v) is 9.05. The predicted molar refractivity (Wildman–Crippen MR) is 54.2 cm³/mol. The normalized spacial score (nSPS) is 43.9. The van der Waals surface area contributed by atoms with Crippen LogP contribution in [0, 0.1) is 5.41 Å². The summed E-state index contributed by atoms with van der Waals surface area (Å²) in [6.07, 6.45) is 8.55. The van der Waals surface area contributed by atoms with Crippen LogP contribution in [0.4, 0.5) is 0 Å². The Balaban J connectivity index is 1.77. The molecule has 0 bridgehead atoms. The molecule has 80 valence electrons. The van der Waals surface area contributed by atoms with Crippen molar-refractivity contribution in [2.75, 3.05) is 13.2 Å². The third kappa shape index (κ3) is 0.989. The number of fused-ring (bicyclic) bond motifs is 1. The van der Waals surface area contributed by atoms with Gasteiger partial charge < -0.3 is 9.47 Å². The molecular formula is C12H20O2. The van der Waals surface area contributed by atoms with E-state index in [-0.39, 0.29) is 5.60 Å². The maximum Gasteiger partial charge on any atom is 0.102 e. The van der Waals surface area contributed by atoms with Crippen LogP contribution in [0.3, 0.4) is 0 Å². The van der Waals surface area contributed by atoms with Crippen LogP contribution >= 0.6 is 0 Å². The highest BCUT2D eigenvalue weighted by Gasteiger charge is 2.73.